The van der Waals surface area contributed by atoms with E-state index < -0.39 is 11.5 Å². The van der Waals surface area contributed by atoms with Crippen molar-refractivity contribution in [3.63, 3.8) is 0 Å². The number of aliphatic imine (C=N–C) groups is 1. The molecule has 0 spiro atoms. The molecule has 0 saturated heterocycles. The molecule has 4 rings (SSSR count). The Hall–Kier alpha value is -3.40. The van der Waals surface area contributed by atoms with Crippen molar-refractivity contribution in [3.8, 4) is 11.5 Å². The smallest absolute Gasteiger partial charge is 0.182 e. The topological polar surface area (TPSA) is 94.3 Å². The largest absolute Gasteiger partial charge is 0.492 e. The third kappa shape index (κ3) is 4.11. The molecule has 1 aromatic carbocycles. The fourth-order valence-electron chi connectivity index (χ4n) is 3.41. The maximum atomic E-state index is 14.2. The molecule has 3 aromatic rings. The second-order valence-corrected chi connectivity index (χ2v) is 7.58. The molecule has 0 fully saturated rings. The molecule has 2 aromatic heterocycles. The molecule has 2 N–H and O–H groups in total. The first-order valence-corrected chi connectivity index (χ1v) is 9.96. The molecule has 10 heteroatoms. The van der Waals surface area contributed by atoms with Gasteiger partial charge in [-0.05, 0) is 39.8 Å². The van der Waals surface area contributed by atoms with Crippen molar-refractivity contribution in [1.82, 2.24) is 20.1 Å². The zero-order valence-corrected chi connectivity index (χ0v) is 18.1. The van der Waals surface area contributed by atoms with E-state index in [0.29, 0.717) is 46.5 Å². The normalized spacial score (nSPS) is 16.0. The first kappa shape index (κ1) is 20.9. The van der Waals surface area contributed by atoms with E-state index in [4.69, 9.17) is 14.3 Å². The second-order valence-electron chi connectivity index (χ2n) is 7.58. The Labute approximate surface area is 179 Å². The highest BCUT2D eigenvalue weighted by Gasteiger charge is 2.28. The lowest BCUT2D eigenvalue weighted by Crippen LogP contribution is -2.23. The van der Waals surface area contributed by atoms with Crippen LogP contribution in [0.5, 0.6) is 11.5 Å². The summed E-state index contributed by atoms with van der Waals surface area (Å²) in [6.45, 7) is 7.84. The second kappa shape index (κ2) is 8.03. The van der Waals surface area contributed by atoms with E-state index in [1.54, 1.807) is 23.0 Å². The Bertz CT molecular complexity index is 1140. The highest BCUT2D eigenvalue weighted by molar-refractivity contribution is 6.03. The Morgan fingerprint density at radius 1 is 1.35 bits per heavy atom. The molecule has 31 heavy (non-hydrogen) atoms. The van der Waals surface area contributed by atoms with E-state index in [0.717, 1.165) is 0 Å². The van der Waals surface area contributed by atoms with Gasteiger partial charge in [0.05, 0.1) is 31.5 Å². The van der Waals surface area contributed by atoms with Crippen molar-refractivity contribution in [1.29, 1.82) is 0 Å². The van der Waals surface area contributed by atoms with Crippen molar-refractivity contribution >= 4 is 17.3 Å². The minimum absolute atomic E-state index is 0.310. The molecular weight excluding hydrogens is 403 g/mol. The van der Waals surface area contributed by atoms with Crippen LogP contribution in [-0.4, -0.2) is 39.9 Å². The van der Waals surface area contributed by atoms with Gasteiger partial charge in [-0.3, -0.25) is 0 Å². The van der Waals surface area contributed by atoms with E-state index in [1.807, 2.05) is 27.7 Å². The van der Waals surface area contributed by atoms with E-state index in [1.165, 1.54) is 19.2 Å². The summed E-state index contributed by atoms with van der Waals surface area (Å²) < 4.78 is 26.9. The number of aromatic nitrogens is 3. The zero-order chi connectivity index (χ0) is 22.2. The van der Waals surface area contributed by atoms with Crippen molar-refractivity contribution in [2.24, 2.45) is 4.99 Å². The number of nitrogens with zero attached hydrogens (tertiary/aromatic N) is 4. The molecule has 0 saturated carbocycles. The predicted molar refractivity (Wildman–Crippen MR) is 114 cm³/mol. The van der Waals surface area contributed by atoms with Gasteiger partial charge in [0.2, 0.25) is 0 Å². The average molecular weight is 428 g/mol. The molecule has 0 bridgehead atoms. The van der Waals surface area contributed by atoms with Crippen LogP contribution in [-0.2, 0) is 4.84 Å². The van der Waals surface area contributed by atoms with Crippen molar-refractivity contribution in [2.45, 2.75) is 39.5 Å². The Morgan fingerprint density at radius 3 is 2.84 bits per heavy atom. The number of rotatable bonds is 7. The molecule has 1 aliphatic rings. The van der Waals surface area contributed by atoms with E-state index in [9.17, 15) is 4.39 Å². The van der Waals surface area contributed by atoms with Crippen LogP contribution >= 0.6 is 0 Å². The molecule has 3 heterocycles. The molecule has 164 valence electrons. The third-order valence-corrected chi connectivity index (χ3v) is 4.79. The summed E-state index contributed by atoms with van der Waals surface area (Å²) in [5.74, 6) is 1.60. The van der Waals surface area contributed by atoms with Gasteiger partial charge in [0, 0.05) is 17.8 Å². The Kier molecular flexibility index (Phi) is 5.40. The standard InChI is InChI=1S/C21H25FN6O3/c1-6-30-16-10-13(22)9-14(18(16)29-5)12(2)24-17-7-8-28-20(25-17)15(11-23-28)19-26-21(3,4)31-27-19/h7-12H,6H2,1-5H3,(H,24,25)(H,26,27). The van der Waals surface area contributed by atoms with Crippen LogP contribution in [0.3, 0.4) is 0 Å². The molecule has 1 atom stereocenters. The van der Waals surface area contributed by atoms with E-state index in [2.05, 4.69) is 25.9 Å². The summed E-state index contributed by atoms with van der Waals surface area (Å²) in [5, 5.41) is 7.62. The predicted octanol–water partition coefficient (Wildman–Crippen LogP) is 3.47. The zero-order valence-electron chi connectivity index (χ0n) is 18.1. The van der Waals surface area contributed by atoms with Gasteiger partial charge in [0.15, 0.2) is 28.7 Å². The number of ether oxygens (including phenoxy) is 2. The van der Waals surface area contributed by atoms with Crippen LogP contribution in [0.25, 0.3) is 5.65 Å². The van der Waals surface area contributed by atoms with Gasteiger partial charge >= 0.3 is 0 Å². The fourth-order valence-corrected chi connectivity index (χ4v) is 3.41. The van der Waals surface area contributed by atoms with Crippen LogP contribution in [0.15, 0.2) is 35.6 Å². The number of methoxy groups -OCH3 is 1. The molecule has 9 nitrogen and oxygen atoms in total. The number of halogens is 1. The van der Waals surface area contributed by atoms with Crippen LogP contribution in [0.4, 0.5) is 10.2 Å². The lowest BCUT2D eigenvalue weighted by Gasteiger charge is -2.20. The number of anilines is 1. The van der Waals surface area contributed by atoms with Gasteiger partial charge < -0.3 is 14.8 Å². The molecule has 1 aliphatic heterocycles. The summed E-state index contributed by atoms with van der Waals surface area (Å²) in [6.07, 6.45) is 3.47. The van der Waals surface area contributed by atoms with Gasteiger partial charge in [-0.15, -0.1) is 0 Å². The minimum atomic E-state index is -0.666. The molecule has 0 aliphatic carbocycles. The maximum absolute atomic E-state index is 14.2. The minimum Gasteiger partial charge on any atom is -0.492 e. The highest BCUT2D eigenvalue weighted by atomic mass is 19.1. The number of hydroxylamine groups is 1. The van der Waals surface area contributed by atoms with Gasteiger partial charge in [0.25, 0.3) is 0 Å². The van der Waals surface area contributed by atoms with Gasteiger partial charge in [-0.1, -0.05) is 0 Å². The van der Waals surface area contributed by atoms with Gasteiger partial charge in [0.1, 0.15) is 11.6 Å². The van der Waals surface area contributed by atoms with Crippen LogP contribution in [0, 0.1) is 5.82 Å². The van der Waals surface area contributed by atoms with Crippen LogP contribution in [0.1, 0.15) is 44.9 Å². The molecule has 0 radical (unpaired) electrons. The number of amidine groups is 1. The summed E-state index contributed by atoms with van der Waals surface area (Å²) in [6, 6.07) is 4.23. The lowest BCUT2D eigenvalue weighted by atomic mass is 10.1. The quantitative estimate of drug-likeness (QED) is 0.595. The summed E-state index contributed by atoms with van der Waals surface area (Å²) in [5.41, 5.74) is 4.10. The molecule has 0 amide bonds. The Morgan fingerprint density at radius 2 is 2.16 bits per heavy atom. The fraction of sp³-hybridized carbons (Fsp3) is 0.381. The maximum Gasteiger partial charge on any atom is 0.182 e. The number of benzene rings is 1. The van der Waals surface area contributed by atoms with Gasteiger partial charge in [-0.25, -0.2) is 29.2 Å². The van der Waals surface area contributed by atoms with Crippen molar-refractivity contribution in [3.05, 3.63) is 47.5 Å². The van der Waals surface area contributed by atoms with Crippen molar-refractivity contribution < 1.29 is 18.7 Å². The van der Waals surface area contributed by atoms with E-state index >= 15 is 0 Å². The monoisotopic (exact) mass is 428 g/mol. The molecular formula is C21H25FN6O3. The Balaban J connectivity index is 1.66. The first-order valence-electron chi connectivity index (χ1n) is 9.96. The summed E-state index contributed by atoms with van der Waals surface area (Å²) >= 11 is 0. The number of hydrogen-bond acceptors (Lipinski definition) is 8. The SMILES string of the molecule is CCOc1cc(F)cc(C(C)Nc2ccn3ncc(C4=NC(C)(C)ON4)c3n2)c1OC. The summed E-state index contributed by atoms with van der Waals surface area (Å²) in [4.78, 5) is 14.6. The van der Waals surface area contributed by atoms with Gasteiger partial charge in [-0.2, -0.15) is 5.10 Å². The van der Waals surface area contributed by atoms with Crippen LogP contribution < -0.4 is 20.3 Å². The third-order valence-electron chi connectivity index (χ3n) is 4.79. The van der Waals surface area contributed by atoms with Crippen LogP contribution in [0.2, 0.25) is 0 Å². The van der Waals surface area contributed by atoms with E-state index in [-0.39, 0.29) is 6.04 Å². The number of fused-ring (bicyclic) bond motifs is 1. The average Bonchev–Trinajstić information content (AvgIpc) is 3.30. The highest BCUT2D eigenvalue weighted by Crippen LogP contribution is 2.37. The number of hydrogen-bond donors (Lipinski definition) is 2. The molecule has 1 unspecified atom stereocenters. The lowest BCUT2D eigenvalue weighted by molar-refractivity contribution is -0.0269. The van der Waals surface area contributed by atoms with Crippen molar-refractivity contribution in [2.75, 3.05) is 19.0 Å². The number of nitrogens with one attached hydrogen (secondary N) is 2. The first-order chi connectivity index (χ1) is 14.8. The summed E-state index contributed by atoms with van der Waals surface area (Å²) in [7, 11) is 1.54.